The molecule has 2 aromatic carbocycles. The van der Waals surface area contributed by atoms with Crippen molar-refractivity contribution < 1.29 is 14.0 Å². The van der Waals surface area contributed by atoms with Gasteiger partial charge in [0.2, 0.25) is 0 Å². The number of ether oxygens (including phenoxy) is 1. The van der Waals surface area contributed by atoms with E-state index in [0.29, 0.717) is 12.2 Å². The highest BCUT2D eigenvalue weighted by Crippen LogP contribution is 2.48. The zero-order valence-electron chi connectivity index (χ0n) is 23.4. The molecule has 0 aromatic heterocycles. The number of fused-ring (bicyclic) bond motifs is 1. The van der Waals surface area contributed by atoms with E-state index in [9.17, 15) is 4.79 Å². The van der Waals surface area contributed by atoms with Crippen LogP contribution in [0.4, 0.5) is 11.4 Å². The molecule has 4 rings (SSSR count). The summed E-state index contributed by atoms with van der Waals surface area (Å²) in [6, 6.07) is 15.9. The minimum Gasteiger partial charge on any atom is -0.488 e. The summed E-state index contributed by atoms with van der Waals surface area (Å²) in [4.78, 5) is 15.4. The molecule has 0 radical (unpaired) electrons. The van der Waals surface area contributed by atoms with Crippen molar-refractivity contribution >= 4 is 23.0 Å². The van der Waals surface area contributed by atoms with Crippen molar-refractivity contribution in [3.8, 4) is 5.75 Å². The summed E-state index contributed by atoms with van der Waals surface area (Å²) in [7, 11) is 2.09. The van der Waals surface area contributed by atoms with Crippen LogP contribution >= 0.6 is 0 Å². The van der Waals surface area contributed by atoms with E-state index in [1.807, 2.05) is 43.3 Å². The molecule has 2 heterocycles. The van der Waals surface area contributed by atoms with Gasteiger partial charge in [-0.15, -0.1) is 0 Å². The first kappa shape index (κ1) is 26.7. The van der Waals surface area contributed by atoms with Gasteiger partial charge in [0.25, 0.3) is 5.91 Å². The number of carbonyl (C=O) groups is 1. The van der Waals surface area contributed by atoms with Gasteiger partial charge in [-0.3, -0.25) is 4.79 Å². The molecule has 0 spiro atoms. The maximum absolute atomic E-state index is 13.1. The lowest BCUT2D eigenvalue weighted by Crippen LogP contribution is -2.49. The van der Waals surface area contributed by atoms with Crippen LogP contribution in [0.15, 0.2) is 77.1 Å². The van der Waals surface area contributed by atoms with Gasteiger partial charge in [0, 0.05) is 23.8 Å². The third kappa shape index (κ3) is 4.95. The highest BCUT2D eigenvalue weighted by molar-refractivity contribution is 6.29. The molecule has 0 saturated heterocycles. The highest BCUT2D eigenvalue weighted by Gasteiger charge is 2.39. The quantitative estimate of drug-likeness (QED) is 0.317. The number of likely N-dealkylation sites (N-methyl/N-ethyl adjacent to an activating group) is 2. The van der Waals surface area contributed by atoms with E-state index in [0.717, 1.165) is 59.2 Å². The molecule has 6 nitrogen and oxygen atoms in total. The van der Waals surface area contributed by atoms with Crippen LogP contribution in [0.25, 0.3) is 0 Å². The van der Waals surface area contributed by atoms with Crippen molar-refractivity contribution in [2.45, 2.75) is 47.0 Å². The van der Waals surface area contributed by atoms with Crippen LogP contribution in [0.1, 0.15) is 47.1 Å². The number of hydrogen-bond donors (Lipinski definition) is 0. The van der Waals surface area contributed by atoms with Crippen LogP contribution in [0.2, 0.25) is 0 Å². The zero-order chi connectivity index (χ0) is 26.8. The van der Waals surface area contributed by atoms with Gasteiger partial charge in [-0.1, -0.05) is 32.0 Å². The minimum absolute atomic E-state index is 0.104. The highest BCUT2D eigenvalue weighted by atomic mass is 16.5. The van der Waals surface area contributed by atoms with E-state index in [1.54, 1.807) is 0 Å². The number of anilines is 2. The lowest BCUT2D eigenvalue weighted by Gasteiger charge is -2.35. The lowest BCUT2D eigenvalue weighted by molar-refractivity contribution is -0.923. The van der Waals surface area contributed by atoms with Crippen molar-refractivity contribution in [2.24, 2.45) is 5.10 Å². The molecule has 6 heteroatoms. The largest absolute Gasteiger partial charge is 0.488 e. The number of benzene rings is 2. The molecule has 1 amide bonds. The number of amides is 1. The number of rotatable bonds is 9. The number of hydrogen-bond acceptors (Lipinski definition) is 4. The van der Waals surface area contributed by atoms with Gasteiger partial charge in [0.1, 0.15) is 18.9 Å². The second-order valence-corrected chi connectivity index (χ2v) is 10.5. The van der Waals surface area contributed by atoms with Crippen LogP contribution in [-0.4, -0.2) is 55.9 Å². The van der Waals surface area contributed by atoms with Crippen molar-refractivity contribution in [2.75, 3.05) is 49.7 Å². The lowest BCUT2D eigenvalue weighted by atomic mass is 9.83. The molecule has 0 aliphatic carbocycles. The normalized spacial score (nSPS) is 19.1. The summed E-state index contributed by atoms with van der Waals surface area (Å²) in [6.07, 6.45) is 3.98. The summed E-state index contributed by atoms with van der Waals surface area (Å²) >= 11 is 0. The van der Waals surface area contributed by atoms with Crippen molar-refractivity contribution in [3.05, 3.63) is 77.5 Å². The fourth-order valence-corrected chi connectivity index (χ4v) is 5.52. The Bertz CT molecular complexity index is 1230. The molecular weight excluding hydrogens is 460 g/mol. The maximum atomic E-state index is 13.1. The number of hydrazone groups is 1. The Morgan fingerprint density at radius 3 is 2.32 bits per heavy atom. The van der Waals surface area contributed by atoms with Crippen molar-refractivity contribution in [1.29, 1.82) is 0 Å². The molecule has 2 aliphatic rings. The Kier molecular flexibility index (Phi) is 7.60. The summed E-state index contributed by atoms with van der Waals surface area (Å²) in [6.45, 7) is 18.2. The standard InChI is InChI=1S/C31H41N4O2/c1-8-35(9-2,10-3)20-21-37-25-16-18-28-27(22-25)31(5,6)29(33(28)7)19-17-26-23(4)32-34(30(26)36)24-14-12-11-13-15-24/h11-19,22H,8-10,20-21H2,1-7H3/q+1/b26-17-,29-19+. The van der Waals surface area contributed by atoms with Gasteiger partial charge in [-0.2, -0.15) is 10.1 Å². The Labute approximate surface area is 222 Å². The smallest absolute Gasteiger partial charge is 0.280 e. The number of nitrogens with zero attached hydrogens (tertiary/aromatic N) is 4. The molecule has 2 aromatic rings. The number of quaternary nitrogens is 1. The average molecular weight is 502 g/mol. The van der Waals surface area contributed by atoms with E-state index in [4.69, 9.17) is 4.74 Å². The summed E-state index contributed by atoms with van der Waals surface area (Å²) < 4.78 is 7.32. The first-order valence-electron chi connectivity index (χ1n) is 13.4. The van der Waals surface area contributed by atoms with Gasteiger partial charge in [-0.05, 0) is 75.7 Å². The molecule has 0 fully saturated rings. The van der Waals surface area contributed by atoms with E-state index in [2.05, 4.69) is 75.9 Å². The van der Waals surface area contributed by atoms with Crippen LogP contribution in [-0.2, 0) is 10.2 Å². The fraction of sp³-hybridized carbons (Fsp3) is 0.419. The third-order valence-corrected chi connectivity index (χ3v) is 8.32. The predicted octanol–water partition coefficient (Wildman–Crippen LogP) is 5.90. The zero-order valence-corrected chi connectivity index (χ0v) is 23.4. The number of para-hydroxylation sites is 1. The van der Waals surface area contributed by atoms with Crippen LogP contribution in [0.3, 0.4) is 0 Å². The fourth-order valence-electron chi connectivity index (χ4n) is 5.52. The molecular formula is C31H41N4O2+. The van der Waals surface area contributed by atoms with Crippen LogP contribution in [0, 0.1) is 0 Å². The molecule has 196 valence electrons. The van der Waals surface area contributed by atoms with Crippen LogP contribution in [0.5, 0.6) is 5.75 Å². The minimum atomic E-state index is -0.234. The molecule has 0 N–H and O–H groups in total. The van der Waals surface area contributed by atoms with Gasteiger partial charge in [0.15, 0.2) is 0 Å². The Morgan fingerprint density at radius 1 is 1.00 bits per heavy atom. The molecule has 0 atom stereocenters. The maximum Gasteiger partial charge on any atom is 0.280 e. The van der Waals surface area contributed by atoms with E-state index in [1.165, 1.54) is 10.6 Å². The predicted molar refractivity (Wildman–Crippen MR) is 153 cm³/mol. The van der Waals surface area contributed by atoms with Crippen molar-refractivity contribution in [3.63, 3.8) is 0 Å². The summed E-state index contributed by atoms with van der Waals surface area (Å²) in [5.74, 6) is 0.807. The molecule has 37 heavy (non-hydrogen) atoms. The Hall–Kier alpha value is -3.38. The van der Waals surface area contributed by atoms with Gasteiger partial charge in [0.05, 0.1) is 36.6 Å². The van der Waals surface area contributed by atoms with Gasteiger partial charge >= 0.3 is 0 Å². The average Bonchev–Trinajstić information content (AvgIpc) is 3.29. The third-order valence-electron chi connectivity index (χ3n) is 8.32. The monoisotopic (exact) mass is 501 g/mol. The molecule has 0 bridgehead atoms. The van der Waals surface area contributed by atoms with E-state index < -0.39 is 0 Å². The number of carbonyl (C=O) groups excluding carboxylic acids is 1. The Morgan fingerprint density at radius 2 is 1.68 bits per heavy atom. The molecule has 0 saturated carbocycles. The van der Waals surface area contributed by atoms with Crippen molar-refractivity contribution in [1.82, 2.24) is 0 Å². The first-order chi connectivity index (χ1) is 17.7. The van der Waals surface area contributed by atoms with Gasteiger partial charge in [-0.25, -0.2) is 0 Å². The first-order valence-corrected chi connectivity index (χ1v) is 13.4. The summed E-state index contributed by atoms with van der Waals surface area (Å²) in [5, 5.41) is 5.99. The second kappa shape index (κ2) is 10.5. The second-order valence-electron chi connectivity index (χ2n) is 10.5. The van der Waals surface area contributed by atoms with Gasteiger partial charge < -0.3 is 14.1 Å². The number of allylic oxidation sites excluding steroid dienone is 3. The van der Waals surface area contributed by atoms with E-state index >= 15 is 0 Å². The van der Waals surface area contributed by atoms with Crippen LogP contribution < -0.4 is 14.6 Å². The van der Waals surface area contributed by atoms with E-state index in [-0.39, 0.29) is 11.3 Å². The SMILES string of the molecule is CC[N+](CC)(CC)CCOc1ccc2c(c1)C(C)(C)/C(=C\C=C1/C(=O)N(c3ccccc3)N=C1C)N2C. The molecule has 2 aliphatic heterocycles. The summed E-state index contributed by atoms with van der Waals surface area (Å²) in [5.41, 5.74) is 5.40. The Balaban J connectivity index is 1.54. The topological polar surface area (TPSA) is 45.1 Å². The molecule has 0 unspecified atom stereocenters.